The van der Waals surface area contributed by atoms with Crippen LogP contribution in [0, 0.1) is 17.8 Å². The average molecular weight is 263 g/mol. The number of rotatable bonds is 4. The first-order valence-electron chi connectivity index (χ1n) is 6.98. The lowest BCUT2D eigenvalue weighted by molar-refractivity contribution is -0.131. The smallest absolute Gasteiger partial charge is 0.222 e. The third kappa shape index (κ3) is 2.46. The molecule has 0 radical (unpaired) electrons. The molecule has 98 valence electrons. The second kappa shape index (κ2) is 5.04. The van der Waals surface area contributed by atoms with Crippen molar-refractivity contribution in [3.63, 3.8) is 0 Å². The van der Waals surface area contributed by atoms with Gasteiger partial charge in [0, 0.05) is 18.3 Å². The summed E-state index contributed by atoms with van der Waals surface area (Å²) in [6.07, 6.45) is 6.27. The third-order valence-electron chi connectivity index (χ3n) is 4.72. The van der Waals surface area contributed by atoms with E-state index in [-0.39, 0.29) is 0 Å². The molecule has 2 fully saturated rings. The quantitative estimate of drug-likeness (QED) is 0.813. The van der Waals surface area contributed by atoms with E-state index in [0.717, 1.165) is 24.8 Å². The van der Waals surface area contributed by atoms with Crippen LogP contribution < -0.4 is 0 Å². The predicted octanol–water partition coefficient (Wildman–Crippen LogP) is 3.53. The molecule has 3 heteroatoms. The second-order valence-electron chi connectivity index (χ2n) is 5.97. The first-order valence-corrected chi connectivity index (χ1v) is 7.86. The lowest BCUT2D eigenvalue weighted by Gasteiger charge is -2.24. The summed E-state index contributed by atoms with van der Waals surface area (Å²) in [6.45, 7) is 0.775. The Morgan fingerprint density at radius 3 is 2.94 bits per heavy atom. The van der Waals surface area contributed by atoms with Crippen molar-refractivity contribution in [2.45, 2.75) is 38.6 Å². The van der Waals surface area contributed by atoms with Gasteiger partial charge >= 0.3 is 0 Å². The summed E-state index contributed by atoms with van der Waals surface area (Å²) < 4.78 is 0. The van der Waals surface area contributed by atoms with Gasteiger partial charge in [-0.1, -0.05) is 12.5 Å². The summed E-state index contributed by atoms with van der Waals surface area (Å²) in [5, 5.41) is 2.07. The maximum absolute atomic E-state index is 12.2. The van der Waals surface area contributed by atoms with E-state index >= 15 is 0 Å². The number of hydrogen-bond donors (Lipinski definition) is 0. The number of hydrogen-bond acceptors (Lipinski definition) is 2. The Bertz CT molecular complexity index is 414. The number of carbonyl (C=O) groups excluding carboxylic acids is 1. The topological polar surface area (TPSA) is 20.3 Å². The SMILES string of the molecule is CN(Cc1cccs1)C(=O)C[C@H]1C[C@H]2CC[C@H]1C2. The Hall–Kier alpha value is -0.830. The molecule has 3 atom stereocenters. The van der Waals surface area contributed by atoms with Crippen LogP contribution in [0.5, 0.6) is 0 Å². The van der Waals surface area contributed by atoms with Crippen molar-refractivity contribution in [1.29, 1.82) is 0 Å². The van der Waals surface area contributed by atoms with Gasteiger partial charge in [0.15, 0.2) is 0 Å². The first kappa shape index (κ1) is 12.2. The highest BCUT2D eigenvalue weighted by atomic mass is 32.1. The highest BCUT2D eigenvalue weighted by Gasteiger charge is 2.40. The standard InChI is InChI=1S/C15H21NOS/c1-16(10-14-3-2-6-18-14)15(17)9-13-8-11-4-5-12(13)7-11/h2-3,6,11-13H,4-5,7-10H2,1H3/t11-,12-,13+/m0/s1. The molecule has 1 aromatic heterocycles. The normalized spacial score (nSPS) is 29.7. The van der Waals surface area contributed by atoms with Crippen molar-refractivity contribution >= 4 is 17.2 Å². The van der Waals surface area contributed by atoms with Gasteiger partial charge in [0.05, 0.1) is 6.54 Å². The highest BCUT2D eigenvalue weighted by molar-refractivity contribution is 7.09. The van der Waals surface area contributed by atoms with E-state index < -0.39 is 0 Å². The number of carbonyl (C=O) groups is 1. The molecule has 2 saturated carbocycles. The van der Waals surface area contributed by atoms with Gasteiger partial charge < -0.3 is 4.90 Å². The second-order valence-corrected chi connectivity index (χ2v) is 7.00. The first-order chi connectivity index (χ1) is 8.72. The van der Waals surface area contributed by atoms with Crippen molar-refractivity contribution in [3.8, 4) is 0 Å². The van der Waals surface area contributed by atoms with Gasteiger partial charge in [0.25, 0.3) is 0 Å². The minimum Gasteiger partial charge on any atom is -0.341 e. The monoisotopic (exact) mass is 263 g/mol. The van der Waals surface area contributed by atoms with Crippen molar-refractivity contribution in [2.75, 3.05) is 7.05 Å². The summed E-state index contributed by atoms with van der Waals surface area (Å²) in [5.74, 6) is 2.81. The molecule has 0 aliphatic heterocycles. The van der Waals surface area contributed by atoms with Crippen LogP contribution in [0.3, 0.4) is 0 Å². The molecule has 0 spiro atoms. The fourth-order valence-corrected chi connectivity index (χ4v) is 4.49. The Morgan fingerprint density at radius 1 is 1.44 bits per heavy atom. The van der Waals surface area contributed by atoms with Crippen LogP contribution in [0.15, 0.2) is 17.5 Å². The minimum atomic E-state index is 0.334. The molecule has 0 aromatic carbocycles. The van der Waals surface area contributed by atoms with E-state index in [9.17, 15) is 4.79 Å². The van der Waals surface area contributed by atoms with E-state index in [0.29, 0.717) is 11.8 Å². The molecule has 2 bridgehead atoms. The molecule has 18 heavy (non-hydrogen) atoms. The summed E-state index contributed by atoms with van der Waals surface area (Å²) in [6, 6.07) is 4.15. The molecular formula is C15H21NOS. The van der Waals surface area contributed by atoms with Crippen LogP contribution in [0.25, 0.3) is 0 Å². The molecule has 1 heterocycles. The molecule has 2 aliphatic carbocycles. The van der Waals surface area contributed by atoms with Crippen molar-refractivity contribution in [1.82, 2.24) is 4.90 Å². The summed E-state index contributed by atoms with van der Waals surface area (Å²) in [5.41, 5.74) is 0. The van der Waals surface area contributed by atoms with Gasteiger partial charge in [-0.2, -0.15) is 0 Å². The largest absolute Gasteiger partial charge is 0.341 e. The number of nitrogens with zero attached hydrogens (tertiary/aromatic N) is 1. The van der Waals surface area contributed by atoms with Crippen LogP contribution in [0.2, 0.25) is 0 Å². The van der Waals surface area contributed by atoms with Gasteiger partial charge in [0.2, 0.25) is 5.91 Å². The fraction of sp³-hybridized carbons (Fsp3) is 0.667. The van der Waals surface area contributed by atoms with E-state index in [2.05, 4.69) is 11.4 Å². The molecule has 1 amide bonds. The van der Waals surface area contributed by atoms with Crippen LogP contribution in [-0.2, 0) is 11.3 Å². The zero-order chi connectivity index (χ0) is 12.5. The van der Waals surface area contributed by atoms with E-state index in [1.54, 1.807) is 11.3 Å². The van der Waals surface area contributed by atoms with Crippen molar-refractivity contribution < 1.29 is 4.79 Å². The summed E-state index contributed by atoms with van der Waals surface area (Å²) in [7, 11) is 1.94. The molecule has 0 N–H and O–H groups in total. The van der Waals surface area contributed by atoms with Gasteiger partial charge in [-0.15, -0.1) is 11.3 Å². The number of fused-ring (bicyclic) bond motifs is 2. The average Bonchev–Trinajstić information content (AvgIpc) is 3.04. The van der Waals surface area contributed by atoms with Gasteiger partial charge in [-0.05, 0) is 48.5 Å². The summed E-state index contributed by atoms with van der Waals surface area (Å²) in [4.78, 5) is 15.4. The highest BCUT2D eigenvalue weighted by Crippen LogP contribution is 2.49. The molecule has 1 aromatic rings. The zero-order valence-electron chi connectivity index (χ0n) is 11.0. The van der Waals surface area contributed by atoms with E-state index in [4.69, 9.17) is 0 Å². The van der Waals surface area contributed by atoms with Crippen LogP contribution in [0.4, 0.5) is 0 Å². The minimum absolute atomic E-state index is 0.334. The molecule has 3 rings (SSSR count). The molecular weight excluding hydrogens is 242 g/mol. The van der Waals surface area contributed by atoms with Crippen LogP contribution in [-0.4, -0.2) is 17.9 Å². The molecule has 2 nitrogen and oxygen atoms in total. The van der Waals surface area contributed by atoms with E-state index in [1.807, 2.05) is 18.0 Å². The Morgan fingerprint density at radius 2 is 2.33 bits per heavy atom. The zero-order valence-corrected chi connectivity index (χ0v) is 11.8. The number of amides is 1. The van der Waals surface area contributed by atoms with Crippen LogP contribution >= 0.6 is 11.3 Å². The Labute approximate surface area is 113 Å². The molecule has 2 aliphatic rings. The predicted molar refractivity (Wildman–Crippen MR) is 74.3 cm³/mol. The molecule has 0 unspecified atom stereocenters. The van der Waals surface area contributed by atoms with Crippen LogP contribution in [0.1, 0.15) is 37.0 Å². The number of thiophene rings is 1. The Kier molecular flexibility index (Phi) is 3.42. The van der Waals surface area contributed by atoms with Gasteiger partial charge in [0.1, 0.15) is 0 Å². The van der Waals surface area contributed by atoms with Gasteiger partial charge in [-0.25, -0.2) is 0 Å². The maximum atomic E-state index is 12.2. The molecule has 0 saturated heterocycles. The lowest BCUT2D eigenvalue weighted by atomic mass is 9.86. The third-order valence-corrected chi connectivity index (χ3v) is 5.58. The fourth-order valence-electron chi connectivity index (χ4n) is 3.73. The van der Waals surface area contributed by atoms with Crippen molar-refractivity contribution in [2.24, 2.45) is 17.8 Å². The van der Waals surface area contributed by atoms with E-state index in [1.165, 1.54) is 30.6 Å². The lowest BCUT2D eigenvalue weighted by Crippen LogP contribution is -2.29. The summed E-state index contributed by atoms with van der Waals surface area (Å²) >= 11 is 1.73. The van der Waals surface area contributed by atoms with Crippen molar-refractivity contribution in [3.05, 3.63) is 22.4 Å². The Balaban J connectivity index is 1.52. The maximum Gasteiger partial charge on any atom is 0.222 e. The van der Waals surface area contributed by atoms with Gasteiger partial charge in [-0.3, -0.25) is 4.79 Å².